The van der Waals surface area contributed by atoms with E-state index >= 15 is 0 Å². The summed E-state index contributed by atoms with van der Waals surface area (Å²) < 4.78 is 73.9. The molecule has 192 valence electrons. The van der Waals surface area contributed by atoms with Crippen LogP contribution in [0.2, 0.25) is 0 Å². The van der Waals surface area contributed by atoms with Gasteiger partial charge in [0.15, 0.2) is 0 Å². The van der Waals surface area contributed by atoms with E-state index in [1.807, 2.05) is 42.5 Å². The zero-order valence-corrected chi connectivity index (χ0v) is 22.3. The van der Waals surface area contributed by atoms with Crippen LogP contribution in [0.1, 0.15) is 35.9 Å². The number of benzene rings is 6. The minimum atomic E-state index is -0.425. The van der Waals surface area contributed by atoms with E-state index in [0.29, 0.717) is 16.8 Å². The Balaban J connectivity index is 1.61. The molecule has 0 fully saturated rings. The number of anilines is 3. The third-order valence-corrected chi connectivity index (χ3v) is 7.62. The van der Waals surface area contributed by atoms with Crippen molar-refractivity contribution in [2.24, 2.45) is 0 Å². The Morgan fingerprint density at radius 2 is 0.950 bits per heavy atom. The summed E-state index contributed by atoms with van der Waals surface area (Å²) in [6.45, 7) is 4.22. The minimum Gasteiger partial charge on any atom is -0.310 e. The maximum atomic E-state index is 9.35. The summed E-state index contributed by atoms with van der Waals surface area (Å²) in [6.07, 6.45) is 0. The average molecular weight is 522 g/mol. The molecule has 40 heavy (non-hydrogen) atoms. The predicted octanol–water partition coefficient (Wildman–Crippen LogP) is 10.8. The van der Waals surface area contributed by atoms with Gasteiger partial charge in [0.05, 0.1) is 16.7 Å². The van der Waals surface area contributed by atoms with Crippen molar-refractivity contribution < 1.29 is 11.0 Å². The normalized spacial score (nSPS) is 15.8. The molecule has 0 atom stereocenters. The average Bonchev–Trinajstić information content (AvgIpc) is 3.33. The Kier molecular flexibility index (Phi) is 4.11. The molecule has 0 aliphatic heterocycles. The summed E-state index contributed by atoms with van der Waals surface area (Å²) in [7, 11) is 0. The van der Waals surface area contributed by atoms with E-state index in [-0.39, 0.29) is 70.8 Å². The number of hydrogen-bond donors (Lipinski definition) is 0. The summed E-state index contributed by atoms with van der Waals surface area (Å²) in [5.41, 5.74) is 4.72. The minimum absolute atomic E-state index is 0.137. The molecule has 1 aliphatic rings. The van der Waals surface area contributed by atoms with Crippen LogP contribution in [-0.4, -0.2) is 0 Å². The molecule has 6 aromatic carbocycles. The van der Waals surface area contributed by atoms with Crippen LogP contribution in [0.15, 0.2) is 151 Å². The summed E-state index contributed by atoms with van der Waals surface area (Å²) in [5.74, 6) is 0. The molecule has 7 rings (SSSR count). The molecular weight excluding hydrogens is 482 g/mol. The maximum absolute atomic E-state index is 9.35. The van der Waals surface area contributed by atoms with Crippen LogP contribution >= 0.6 is 0 Å². The van der Waals surface area contributed by atoms with Crippen molar-refractivity contribution >= 4 is 17.1 Å². The molecule has 0 saturated carbocycles. The fourth-order valence-corrected chi connectivity index (χ4v) is 5.61. The van der Waals surface area contributed by atoms with Crippen LogP contribution in [0.5, 0.6) is 0 Å². The van der Waals surface area contributed by atoms with Gasteiger partial charge >= 0.3 is 0 Å². The summed E-state index contributed by atoms with van der Waals surface area (Å²) >= 11 is 0. The summed E-state index contributed by atoms with van der Waals surface area (Å²) in [4.78, 5) is 1.42. The van der Waals surface area contributed by atoms with Crippen LogP contribution in [0.25, 0.3) is 33.4 Å². The molecule has 0 unspecified atom stereocenters. The molecule has 0 heterocycles. The topological polar surface area (TPSA) is 3.24 Å². The van der Waals surface area contributed by atoms with Gasteiger partial charge in [-0.3, -0.25) is 0 Å². The fourth-order valence-electron chi connectivity index (χ4n) is 5.61. The molecule has 0 spiro atoms. The number of nitrogens with zero attached hydrogens (tertiary/aromatic N) is 1. The Morgan fingerprint density at radius 1 is 0.475 bits per heavy atom. The Hall–Kier alpha value is -4.88. The van der Waals surface area contributed by atoms with Crippen LogP contribution in [0.3, 0.4) is 0 Å². The van der Waals surface area contributed by atoms with Crippen molar-refractivity contribution in [1.82, 2.24) is 0 Å². The van der Waals surface area contributed by atoms with E-state index in [1.54, 1.807) is 54.6 Å². The third-order valence-electron chi connectivity index (χ3n) is 7.62. The fraction of sp³-hybridized carbons (Fsp3) is 0.0769. The van der Waals surface area contributed by atoms with E-state index in [0.717, 1.165) is 22.3 Å². The largest absolute Gasteiger partial charge is 0.310 e. The predicted molar refractivity (Wildman–Crippen MR) is 170 cm³/mol. The SMILES string of the molecule is [2H]c1c([2H])c(N(c2cccc3c2-c2ccccc2C3(C)C)c2c([2H])c([2H])c(-c3ccccc3)c([2H])c2[2H])c([2H])c([2H])c1-c1ccccc1. The zero-order chi connectivity index (χ0) is 34.1. The van der Waals surface area contributed by atoms with Gasteiger partial charge in [-0.05, 0) is 69.2 Å². The van der Waals surface area contributed by atoms with Crippen molar-refractivity contribution in [3.05, 3.63) is 163 Å². The van der Waals surface area contributed by atoms with Crippen LogP contribution in [-0.2, 0) is 5.41 Å². The second kappa shape index (κ2) is 9.70. The van der Waals surface area contributed by atoms with Crippen LogP contribution in [0.4, 0.5) is 17.1 Å². The Morgan fingerprint density at radius 3 is 1.50 bits per heavy atom. The molecule has 0 amide bonds. The lowest BCUT2D eigenvalue weighted by Gasteiger charge is -2.29. The molecule has 0 aromatic heterocycles. The van der Waals surface area contributed by atoms with Crippen molar-refractivity contribution in [2.45, 2.75) is 19.3 Å². The lowest BCUT2D eigenvalue weighted by atomic mass is 9.82. The van der Waals surface area contributed by atoms with Gasteiger partial charge in [-0.1, -0.05) is 135 Å². The first-order chi connectivity index (χ1) is 23.0. The molecule has 1 aliphatic carbocycles. The second-order valence-electron chi connectivity index (χ2n) is 10.4. The van der Waals surface area contributed by atoms with E-state index in [9.17, 15) is 5.48 Å². The summed E-state index contributed by atoms with van der Waals surface area (Å²) in [5, 5.41) is 0. The molecular formula is C39H31N. The van der Waals surface area contributed by atoms with Gasteiger partial charge < -0.3 is 4.90 Å². The zero-order valence-electron chi connectivity index (χ0n) is 30.3. The van der Waals surface area contributed by atoms with Crippen LogP contribution in [0, 0.1) is 0 Å². The highest BCUT2D eigenvalue weighted by Gasteiger charge is 2.37. The highest BCUT2D eigenvalue weighted by atomic mass is 15.1. The first-order valence-electron chi connectivity index (χ1n) is 17.3. The first kappa shape index (κ1) is 16.9. The van der Waals surface area contributed by atoms with Gasteiger partial charge in [0.25, 0.3) is 0 Å². The van der Waals surface area contributed by atoms with Gasteiger partial charge in [-0.2, -0.15) is 0 Å². The quantitative estimate of drug-likeness (QED) is 0.218. The summed E-state index contributed by atoms with van der Waals surface area (Å²) in [6, 6.07) is 28.7. The lowest BCUT2D eigenvalue weighted by Crippen LogP contribution is -2.16. The second-order valence-corrected chi connectivity index (χ2v) is 10.4. The molecule has 0 N–H and O–H groups in total. The molecule has 1 nitrogen and oxygen atoms in total. The molecule has 0 radical (unpaired) electrons. The van der Waals surface area contributed by atoms with E-state index in [4.69, 9.17) is 5.48 Å². The molecule has 0 bridgehead atoms. The third kappa shape index (κ3) is 4.03. The van der Waals surface area contributed by atoms with Gasteiger partial charge in [0, 0.05) is 22.4 Å². The van der Waals surface area contributed by atoms with Gasteiger partial charge in [0.1, 0.15) is 0 Å². The number of fused-ring (bicyclic) bond motifs is 3. The number of hydrogen-bond acceptors (Lipinski definition) is 1. The molecule has 1 heteroatoms. The Bertz CT molecular complexity index is 2080. The number of rotatable bonds is 5. The molecule has 6 aromatic rings. The smallest absolute Gasteiger partial charge is 0.0645 e. The van der Waals surface area contributed by atoms with E-state index in [2.05, 4.69) is 19.9 Å². The Labute approximate surface area is 248 Å². The van der Waals surface area contributed by atoms with Gasteiger partial charge in [0.2, 0.25) is 0 Å². The highest BCUT2D eigenvalue weighted by molar-refractivity contribution is 5.95. The van der Waals surface area contributed by atoms with E-state index in [1.165, 1.54) is 4.90 Å². The first-order valence-corrected chi connectivity index (χ1v) is 13.3. The molecule has 0 saturated heterocycles. The monoisotopic (exact) mass is 521 g/mol. The van der Waals surface area contributed by atoms with Gasteiger partial charge in [-0.15, -0.1) is 0 Å². The maximum Gasteiger partial charge on any atom is 0.0645 e. The van der Waals surface area contributed by atoms with Crippen molar-refractivity contribution in [1.29, 1.82) is 0 Å². The standard InChI is InChI=1S/C39H31N/c1-39(2)35-17-10-9-16-34(35)38-36(39)18-11-19-37(38)40(32-24-20-30(21-25-32)28-12-5-3-6-13-28)33-26-22-31(23-27-33)29-14-7-4-8-15-29/h3-27H,1-2H3/i20D,21D,22D,23D,24D,25D,26D,27D. The highest BCUT2D eigenvalue weighted by Crippen LogP contribution is 2.54. The van der Waals surface area contributed by atoms with Crippen molar-refractivity contribution in [3.8, 4) is 33.4 Å². The van der Waals surface area contributed by atoms with E-state index < -0.39 is 5.41 Å². The lowest BCUT2D eigenvalue weighted by molar-refractivity contribution is 0.660. The van der Waals surface area contributed by atoms with Gasteiger partial charge in [-0.25, -0.2) is 0 Å². The van der Waals surface area contributed by atoms with Crippen molar-refractivity contribution in [2.75, 3.05) is 4.90 Å². The van der Waals surface area contributed by atoms with Crippen LogP contribution < -0.4 is 4.90 Å². The van der Waals surface area contributed by atoms with Crippen molar-refractivity contribution in [3.63, 3.8) is 0 Å².